The monoisotopic (exact) mass is 235 g/mol. The molecule has 0 saturated heterocycles. The average Bonchev–Trinajstić information content (AvgIpc) is 2.34. The fourth-order valence-corrected chi connectivity index (χ4v) is 2.36. The van der Waals surface area contributed by atoms with Gasteiger partial charge in [-0.3, -0.25) is 0 Å². The van der Waals surface area contributed by atoms with Gasteiger partial charge in [-0.2, -0.15) is 5.10 Å². The molecule has 3 unspecified atom stereocenters. The van der Waals surface area contributed by atoms with Crippen molar-refractivity contribution >= 4 is 0 Å². The smallest absolute Gasteiger partial charge is 0.238 e. The van der Waals surface area contributed by atoms with Crippen molar-refractivity contribution in [2.45, 2.75) is 45.8 Å². The molecule has 1 saturated carbocycles. The Kier molecular flexibility index (Phi) is 3.94. The van der Waals surface area contributed by atoms with Crippen LogP contribution in [0.5, 0.6) is 5.88 Å². The van der Waals surface area contributed by atoms with Crippen LogP contribution in [0.25, 0.3) is 0 Å². The highest BCUT2D eigenvalue weighted by Gasteiger charge is 2.26. The Morgan fingerprint density at radius 2 is 2.18 bits per heavy atom. The fraction of sp³-hybridized carbons (Fsp3) is 0.692. The van der Waals surface area contributed by atoms with Crippen LogP contribution in [0.4, 0.5) is 0 Å². The summed E-state index contributed by atoms with van der Waals surface area (Å²) in [6, 6.07) is 1.87. The minimum Gasteiger partial charge on any atom is -0.473 e. The van der Waals surface area contributed by atoms with Crippen LogP contribution in [0.1, 0.15) is 38.7 Å². The standard InChI is InChI=1S/C13H21N3O/c1-9-3-4-12(7-10(9)2)17-13-11(8-14)5-6-15-16-13/h5-6,9-10,12H,3-4,7-8,14H2,1-2H3. The van der Waals surface area contributed by atoms with Crippen molar-refractivity contribution in [1.29, 1.82) is 0 Å². The highest BCUT2D eigenvalue weighted by Crippen LogP contribution is 2.31. The number of hydrogen-bond acceptors (Lipinski definition) is 4. The SMILES string of the molecule is CC1CCC(Oc2nnccc2CN)CC1C. The highest BCUT2D eigenvalue weighted by atomic mass is 16.5. The minimum atomic E-state index is 0.267. The first-order valence-electron chi connectivity index (χ1n) is 6.38. The van der Waals surface area contributed by atoms with Gasteiger partial charge in [-0.25, -0.2) is 0 Å². The minimum absolute atomic E-state index is 0.267. The van der Waals surface area contributed by atoms with Gasteiger partial charge in [0.05, 0.1) is 6.20 Å². The average molecular weight is 235 g/mol. The predicted molar refractivity (Wildman–Crippen MR) is 66.5 cm³/mol. The summed E-state index contributed by atoms with van der Waals surface area (Å²) >= 11 is 0. The maximum Gasteiger partial charge on any atom is 0.238 e. The van der Waals surface area contributed by atoms with Crippen LogP contribution < -0.4 is 10.5 Å². The number of nitrogens with zero attached hydrogens (tertiary/aromatic N) is 2. The first-order valence-corrected chi connectivity index (χ1v) is 6.38. The van der Waals surface area contributed by atoms with Gasteiger partial charge < -0.3 is 10.5 Å². The summed E-state index contributed by atoms with van der Waals surface area (Å²) in [7, 11) is 0. The molecule has 4 nitrogen and oxygen atoms in total. The Balaban J connectivity index is 2.01. The largest absolute Gasteiger partial charge is 0.473 e. The molecule has 0 aromatic carbocycles. The number of hydrogen-bond donors (Lipinski definition) is 1. The van der Waals surface area contributed by atoms with Gasteiger partial charge in [0.1, 0.15) is 6.10 Å². The Bertz CT molecular complexity index is 369. The molecule has 0 spiro atoms. The van der Waals surface area contributed by atoms with Crippen LogP contribution in [0.15, 0.2) is 12.3 Å². The molecule has 2 N–H and O–H groups in total. The van der Waals surface area contributed by atoms with E-state index in [1.165, 1.54) is 6.42 Å². The molecular weight excluding hydrogens is 214 g/mol. The maximum absolute atomic E-state index is 5.94. The van der Waals surface area contributed by atoms with Crippen molar-refractivity contribution in [2.24, 2.45) is 17.6 Å². The zero-order valence-corrected chi connectivity index (χ0v) is 10.6. The third kappa shape index (κ3) is 2.94. The van der Waals surface area contributed by atoms with Crippen molar-refractivity contribution in [3.63, 3.8) is 0 Å². The second-order valence-corrected chi connectivity index (χ2v) is 5.07. The molecule has 1 aromatic rings. The van der Waals surface area contributed by atoms with Crippen LogP contribution in [-0.2, 0) is 6.54 Å². The number of nitrogens with two attached hydrogens (primary N) is 1. The van der Waals surface area contributed by atoms with E-state index in [0.29, 0.717) is 18.3 Å². The number of rotatable bonds is 3. The summed E-state index contributed by atoms with van der Waals surface area (Å²) in [5, 5.41) is 7.90. The third-order valence-corrected chi connectivity index (χ3v) is 3.81. The lowest BCUT2D eigenvalue weighted by atomic mass is 9.80. The van der Waals surface area contributed by atoms with E-state index in [2.05, 4.69) is 24.0 Å². The molecule has 0 radical (unpaired) electrons. The molecule has 94 valence electrons. The molecule has 0 bridgehead atoms. The van der Waals surface area contributed by atoms with E-state index in [9.17, 15) is 0 Å². The Morgan fingerprint density at radius 1 is 1.35 bits per heavy atom. The van der Waals surface area contributed by atoms with Crippen molar-refractivity contribution < 1.29 is 4.74 Å². The van der Waals surface area contributed by atoms with Gasteiger partial charge in [0.15, 0.2) is 0 Å². The van der Waals surface area contributed by atoms with Crippen LogP contribution in [0.3, 0.4) is 0 Å². The lowest BCUT2D eigenvalue weighted by Gasteiger charge is -2.32. The van der Waals surface area contributed by atoms with Gasteiger partial charge in [0.25, 0.3) is 0 Å². The van der Waals surface area contributed by atoms with Gasteiger partial charge in [-0.1, -0.05) is 13.8 Å². The summed E-state index contributed by atoms with van der Waals surface area (Å²) in [5.74, 6) is 2.12. The van der Waals surface area contributed by atoms with E-state index in [1.807, 2.05) is 6.07 Å². The lowest BCUT2D eigenvalue weighted by Crippen LogP contribution is -2.29. The number of aromatic nitrogens is 2. The molecule has 1 heterocycles. The Labute approximate surface area is 103 Å². The van der Waals surface area contributed by atoms with Crippen LogP contribution >= 0.6 is 0 Å². The topological polar surface area (TPSA) is 61.0 Å². The van der Waals surface area contributed by atoms with Crippen molar-refractivity contribution in [2.75, 3.05) is 0 Å². The van der Waals surface area contributed by atoms with E-state index in [0.717, 1.165) is 24.3 Å². The molecule has 1 aliphatic carbocycles. The zero-order chi connectivity index (χ0) is 12.3. The Hall–Kier alpha value is -1.16. The van der Waals surface area contributed by atoms with Crippen LogP contribution in [-0.4, -0.2) is 16.3 Å². The van der Waals surface area contributed by atoms with Gasteiger partial charge >= 0.3 is 0 Å². The van der Waals surface area contributed by atoms with E-state index < -0.39 is 0 Å². The normalized spacial score (nSPS) is 29.0. The molecule has 4 heteroatoms. The predicted octanol–water partition coefficient (Wildman–Crippen LogP) is 2.14. The van der Waals surface area contributed by atoms with Gasteiger partial charge in [0, 0.05) is 12.1 Å². The molecule has 2 rings (SSSR count). The third-order valence-electron chi connectivity index (χ3n) is 3.81. The van der Waals surface area contributed by atoms with E-state index in [-0.39, 0.29) is 6.10 Å². The van der Waals surface area contributed by atoms with E-state index in [1.54, 1.807) is 6.20 Å². The number of ether oxygens (including phenoxy) is 1. The molecule has 3 atom stereocenters. The summed E-state index contributed by atoms with van der Waals surface area (Å²) in [6.07, 6.45) is 5.35. The maximum atomic E-state index is 5.94. The Morgan fingerprint density at radius 3 is 2.88 bits per heavy atom. The first-order chi connectivity index (χ1) is 8.20. The highest BCUT2D eigenvalue weighted by molar-refractivity contribution is 5.23. The fourth-order valence-electron chi connectivity index (χ4n) is 2.36. The quantitative estimate of drug-likeness (QED) is 0.872. The zero-order valence-electron chi connectivity index (χ0n) is 10.6. The van der Waals surface area contributed by atoms with Gasteiger partial charge in [0.2, 0.25) is 5.88 Å². The summed E-state index contributed by atoms with van der Waals surface area (Å²) in [6.45, 7) is 5.05. The lowest BCUT2D eigenvalue weighted by molar-refractivity contribution is 0.0945. The molecule has 17 heavy (non-hydrogen) atoms. The summed E-state index contributed by atoms with van der Waals surface area (Å²) in [4.78, 5) is 0. The second kappa shape index (κ2) is 5.45. The second-order valence-electron chi connectivity index (χ2n) is 5.07. The molecule has 0 amide bonds. The molecular formula is C13H21N3O. The van der Waals surface area contributed by atoms with Crippen molar-refractivity contribution in [3.05, 3.63) is 17.8 Å². The van der Waals surface area contributed by atoms with E-state index in [4.69, 9.17) is 10.5 Å². The van der Waals surface area contributed by atoms with Gasteiger partial charge in [-0.05, 0) is 37.2 Å². The summed E-state index contributed by atoms with van der Waals surface area (Å²) in [5.41, 5.74) is 6.59. The van der Waals surface area contributed by atoms with E-state index >= 15 is 0 Å². The van der Waals surface area contributed by atoms with Crippen molar-refractivity contribution in [1.82, 2.24) is 10.2 Å². The summed E-state index contributed by atoms with van der Waals surface area (Å²) < 4.78 is 5.94. The van der Waals surface area contributed by atoms with Gasteiger partial charge in [-0.15, -0.1) is 5.10 Å². The van der Waals surface area contributed by atoms with Crippen molar-refractivity contribution in [3.8, 4) is 5.88 Å². The molecule has 1 fully saturated rings. The molecule has 0 aliphatic heterocycles. The van der Waals surface area contributed by atoms with Crippen LogP contribution in [0.2, 0.25) is 0 Å². The van der Waals surface area contributed by atoms with Crippen LogP contribution in [0, 0.1) is 11.8 Å². The molecule has 1 aliphatic rings. The first kappa shape index (κ1) is 12.3. The molecule has 1 aromatic heterocycles.